The first-order valence-electron chi connectivity index (χ1n) is 5.06. The first-order chi connectivity index (χ1) is 7.77. The summed E-state index contributed by atoms with van der Waals surface area (Å²) < 4.78 is 22.1. The van der Waals surface area contributed by atoms with Crippen LogP contribution in [0.15, 0.2) is 35.3 Å². The number of carboxylic acid groups (broad SMARTS) is 1. The normalized spacial score (nSPS) is 24.9. The Balaban J connectivity index is 2.68. The molecule has 0 saturated heterocycles. The van der Waals surface area contributed by atoms with Crippen LogP contribution in [0.3, 0.4) is 0 Å². The second kappa shape index (κ2) is 4.85. The number of carbonyl (C=O) groups is 1. The molecule has 17 heavy (non-hydrogen) atoms. The molecule has 5 nitrogen and oxygen atoms in total. The molecule has 94 valence electrons. The molecule has 1 aliphatic rings. The van der Waals surface area contributed by atoms with Crippen LogP contribution in [0.2, 0.25) is 0 Å². The van der Waals surface area contributed by atoms with Crippen LogP contribution in [-0.2, 0) is 14.8 Å². The van der Waals surface area contributed by atoms with Crippen molar-refractivity contribution in [1.29, 1.82) is 0 Å². The zero-order chi connectivity index (χ0) is 13.2. The van der Waals surface area contributed by atoms with Gasteiger partial charge in [-0.2, -0.15) is 0 Å². The van der Waals surface area contributed by atoms with E-state index in [0.717, 1.165) is 0 Å². The van der Waals surface area contributed by atoms with Crippen molar-refractivity contribution in [2.24, 2.45) is 17.0 Å². The molecule has 1 rings (SSSR count). The fraction of sp³-hybridized carbons (Fsp3) is 0.364. The molecule has 0 bridgehead atoms. The largest absolute Gasteiger partial charge is 0.481 e. The van der Waals surface area contributed by atoms with Crippen LogP contribution in [-0.4, -0.2) is 19.5 Å². The highest BCUT2D eigenvalue weighted by Crippen LogP contribution is 2.44. The van der Waals surface area contributed by atoms with Gasteiger partial charge in [0.05, 0.1) is 10.8 Å². The average molecular weight is 257 g/mol. The first-order valence-corrected chi connectivity index (χ1v) is 6.60. The van der Waals surface area contributed by atoms with Crippen LogP contribution < -0.4 is 5.14 Å². The molecule has 1 aliphatic carbocycles. The first kappa shape index (κ1) is 13.7. The molecule has 0 heterocycles. The van der Waals surface area contributed by atoms with E-state index in [-0.39, 0.29) is 10.8 Å². The van der Waals surface area contributed by atoms with Gasteiger partial charge < -0.3 is 5.11 Å². The molecular weight excluding hydrogens is 242 g/mol. The lowest BCUT2D eigenvalue weighted by molar-refractivity contribution is -0.138. The second-order valence-corrected chi connectivity index (χ2v) is 5.49. The van der Waals surface area contributed by atoms with Crippen LogP contribution in [0, 0.1) is 11.8 Å². The maximum atomic E-state index is 11.1. The Hall–Kier alpha value is -1.40. The molecule has 0 radical (unpaired) electrons. The number of hydrogen-bond acceptors (Lipinski definition) is 3. The minimum absolute atomic E-state index is 0.00817. The van der Waals surface area contributed by atoms with Gasteiger partial charge in [0.1, 0.15) is 0 Å². The van der Waals surface area contributed by atoms with E-state index >= 15 is 0 Å². The van der Waals surface area contributed by atoms with Crippen molar-refractivity contribution < 1.29 is 18.3 Å². The van der Waals surface area contributed by atoms with E-state index in [0.29, 0.717) is 12.0 Å². The van der Waals surface area contributed by atoms with Crippen LogP contribution in [0.25, 0.3) is 0 Å². The molecule has 2 atom stereocenters. The smallest absolute Gasteiger partial charge is 0.307 e. The summed E-state index contributed by atoms with van der Waals surface area (Å²) in [5.41, 5.74) is 0.611. The number of primary sulfonamides is 1. The molecule has 0 aromatic carbocycles. The highest BCUT2D eigenvalue weighted by Gasteiger charge is 2.44. The molecule has 6 heteroatoms. The lowest BCUT2D eigenvalue weighted by atomic mass is 10.1. The summed E-state index contributed by atoms with van der Waals surface area (Å²) in [4.78, 5) is 10.6. The van der Waals surface area contributed by atoms with Gasteiger partial charge in [-0.25, -0.2) is 13.6 Å². The summed E-state index contributed by atoms with van der Waals surface area (Å²) >= 11 is 0. The number of aliphatic carboxylic acids is 1. The molecule has 0 amide bonds. The van der Waals surface area contributed by atoms with Gasteiger partial charge >= 0.3 is 5.97 Å². The summed E-state index contributed by atoms with van der Waals surface area (Å²) in [7, 11) is -3.73. The van der Waals surface area contributed by atoms with E-state index in [2.05, 4.69) is 6.58 Å². The van der Waals surface area contributed by atoms with E-state index in [1.807, 2.05) is 0 Å². The molecule has 0 unspecified atom stereocenters. The van der Waals surface area contributed by atoms with Gasteiger partial charge in [-0.05, 0) is 25.3 Å². The molecule has 0 aromatic rings. The van der Waals surface area contributed by atoms with Gasteiger partial charge in [0.15, 0.2) is 0 Å². The molecule has 0 spiro atoms. The van der Waals surface area contributed by atoms with Crippen molar-refractivity contribution in [3.63, 3.8) is 0 Å². The van der Waals surface area contributed by atoms with Crippen molar-refractivity contribution in [3.8, 4) is 0 Å². The van der Waals surface area contributed by atoms with E-state index < -0.39 is 21.9 Å². The zero-order valence-corrected chi connectivity index (χ0v) is 10.3. The molecule has 0 aliphatic heterocycles. The fourth-order valence-electron chi connectivity index (χ4n) is 1.55. The van der Waals surface area contributed by atoms with E-state index in [1.54, 1.807) is 6.92 Å². The molecule has 3 N–H and O–H groups in total. The minimum Gasteiger partial charge on any atom is -0.481 e. The van der Waals surface area contributed by atoms with E-state index in [4.69, 9.17) is 10.2 Å². The van der Waals surface area contributed by atoms with Gasteiger partial charge in [-0.1, -0.05) is 24.3 Å². The third-order valence-electron chi connectivity index (χ3n) is 2.66. The summed E-state index contributed by atoms with van der Waals surface area (Å²) in [6.45, 7) is 5.28. The number of allylic oxidation sites excluding steroid dienone is 4. The molecule has 0 aromatic heterocycles. The predicted octanol–water partition coefficient (Wildman–Crippen LogP) is 1.01. The number of rotatable bonds is 5. The highest BCUT2D eigenvalue weighted by atomic mass is 32.2. The Kier molecular flexibility index (Phi) is 3.90. The van der Waals surface area contributed by atoms with Crippen molar-refractivity contribution in [2.45, 2.75) is 13.3 Å². The maximum Gasteiger partial charge on any atom is 0.307 e. The van der Waals surface area contributed by atoms with Crippen LogP contribution in [0.1, 0.15) is 13.3 Å². The van der Waals surface area contributed by atoms with Gasteiger partial charge in [0.25, 0.3) is 0 Å². The van der Waals surface area contributed by atoms with Crippen LogP contribution in [0.5, 0.6) is 0 Å². The summed E-state index contributed by atoms with van der Waals surface area (Å²) in [6.07, 6.45) is 4.78. The fourth-order valence-corrected chi connectivity index (χ4v) is 2.13. The Morgan fingerprint density at radius 3 is 2.35 bits per heavy atom. The predicted molar refractivity (Wildman–Crippen MR) is 64.4 cm³/mol. The summed E-state index contributed by atoms with van der Waals surface area (Å²) in [5.74, 6) is -1.33. The second-order valence-electron chi connectivity index (χ2n) is 3.93. The summed E-state index contributed by atoms with van der Waals surface area (Å²) in [6, 6.07) is 0. The number of nitrogens with two attached hydrogens (primary N) is 1. The van der Waals surface area contributed by atoms with Crippen molar-refractivity contribution in [3.05, 3.63) is 35.3 Å². The van der Waals surface area contributed by atoms with Crippen molar-refractivity contribution in [2.75, 3.05) is 0 Å². The van der Waals surface area contributed by atoms with Crippen LogP contribution >= 0.6 is 0 Å². The quantitative estimate of drug-likeness (QED) is 0.718. The molecule has 1 fully saturated rings. The van der Waals surface area contributed by atoms with Crippen molar-refractivity contribution >= 4 is 16.0 Å². The number of sulfonamides is 1. The zero-order valence-electron chi connectivity index (χ0n) is 9.46. The molecular formula is C11H15NO4S. The SMILES string of the molecule is C=C(/C=C\C(=C/C)S(N)(=O)=O)[C@H]1C[C@@H]1C(=O)O. The third kappa shape index (κ3) is 3.54. The van der Waals surface area contributed by atoms with Gasteiger partial charge in [0.2, 0.25) is 10.0 Å². The minimum atomic E-state index is -3.73. The summed E-state index contributed by atoms with van der Waals surface area (Å²) in [5, 5.41) is 13.7. The molecule has 1 saturated carbocycles. The van der Waals surface area contributed by atoms with Crippen molar-refractivity contribution in [1.82, 2.24) is 0 Å². The Morgan fingerprint density at radius 1 is 1.41 bits per heavy atom. The topological polar surface area (TPSA) is 97.5 Å². The Labute approximate surface area is 100 Å². The lowest BCUT2D eigenvalue weighted by Crippen LogP contribution is -2.13. The monoisotopic (exact) mass is 257 g/mol. The van der Waals surface area contributed by atoms with Gasteiger partial charge in [-0.15, -0.1) is 0 Å². The highest BCUT2D eigenvalue weighted by molar-refractivity contribution is 7.93. The van der Waals surface area contributed by atoms with E-state index in [1.165, 1.54) is 18.2 Å². The maximum absolute atomic E-state index is 11.1. The van der Waals surface area contributed by atoms with Gasteiger partial charge in [-0.3, -0.25) is 4.79 Å². The standard InChI is InChI=1S/C11H15NO4S/c1-3-8(17(12,15)16)5-4-7(2)9-6-10(9)11(13)14/h3-5,9-10H,2,6H2,1H3,(H,13,14)(H2,12,15,16)/b5-4-,8-3+/t9-,10+/m1/s1. The Bertz CT molecular complexity index is 502. The van der Waals surface area contributed by atoms with E-state index in [9.17, 15) is 13.2 Å². The average Bonchev–Trinajstić information content (AvgIpc) is 2.95. The third-order valence-corrected chi connectivity index (χ3v) is 3.69. The van der Waals surface area contributed by atoms with Crippen LogP contribution in [0.4, 0.5) is 0 Å². The number of carboxylic acids is 1. The Morgan fingerprint density at radius 2 is 2.00 bits per heavy atom. The number of hydrogen-bond donors (Lipinski definition) is 2. The lowest BCUT2D eigenvalue weighted by Gasteiger charge is -1.99. The van der Waals surface area contributed by atoms with Gasteiger partial charge in [0, 0.05) is 0 Å².